The van der Waals surface area contributed by atoms with E-state index in [1.54, 1.807) is 0 Å². The molecule has 0 fully saturated rings. The quantitative estimate of drug-likeness (QED) is 0.428. The van der Waals surface area contributed by atoms with Crippen molar-refractivity contribution in [3.63, 3.8) is 0 Å². The van der Waals surface area contributed by atoms with Crippen LogP contribution in [-0.2, 0) is 16.0 Å². The van der Waals surface area contributed by atoms with Gasteiger partial charge in [0.2, 0.25) is 0 Å². The molecule has 0 aliphatic carbocycles. The van der Waals surface area contributed by atoms with Crippen molar-refractivity contribution in [1.82, 2.24) is 5.32 Å². The van der Waals surface area contributed by atoms with Crippen molar-refractivity contribution in [2.45, 2.75) is 39.5 Å². The van der Waals surface area contributed by atoms with E-state index in [1.165, 1.54) is 0 Å². The van der Waals surface area contributed by atoms with Crippen molar-refractivity contribution in [2.24, 2.45) is 5.92 Å². The monoisotopic (exact) mass is 337 g/mol. The summed E-state index contributed by atoms with van der Waals surface area (Å²) >= 11 is 0. The Morgan fingerprint density at radius 1 is 1.21 bits per heavy atom. The third kappa shape index (κ3) is 9.53. The molecule has 1 rings (SSSR count). The molecule has 5 heteroatoms. The molecule has 0 aliphatic heterocycles. The van der Waals surface area contributed by atoms with Gasteiger partial charge in [-0.15, -0.1) is 0 Å². The van der Waals surface area contributed by atoms with Crippen LogP contribution in [0.15, 0.2) is 24.3 Å². The Labute approximate surface area is 145 Å². The first-order valence-electron chi connectivity index (χ1n) is 8.84. The molecule has 0 saturated heterocycles. The van der Waals surface area contributed by atoms with Gasteiger partial charge in [0.05, 0.1) is 19.6 Å². The van der Waals surface area contributed by atoms with Crippen LogP contribution in [0, 0.1) is 5.92 Å². The number of nitrogens with one attached hydrogen (secondary N) is 1. The normalized spacial score (nSPS) is 12.0. The highest BCUT2D eigenvalue weighted by Gasteiger charge is 2.05. The van der Waals surface area contributed by atoms with Crippen LogP contribution in [0.2, 0.25) is 0 Å². The van der Waals surface area contributed by atoms with Gasteiger partial charge in [-0.1, -0.05) is 32.4 Å². The summed E-state index contributed by atoms with van der Waals surface area (Å²) in [5, 5.41) is 12.2. The number of carbonyl (C=O) groups excluding carboxylic acids is 1. The summed E-state index contributed by atoms with van der Waals surface area (Å²) in [7, 11) is 0. The van der Waals surface area contributed by atoms with Gasteiger partial charge in [-0.2, -0.15) is 0 Å². The molecule has 1 unspecified atom stereocenters. The van der Waals surface area contributed by atoms with E-state index in [2.05, 4.69) is 12.2 Å². The van der Waals surface area contributed by atoms with Crippen LogP contribution < -0.4 is 10.1 Å². The minimum Gasteiger partial charge on any atom is -0.494 e. The van der Waals surface area contributed by atoms with E-state index >= 15 is 0 Å². The summed E-state index contributed by atoms with van der Waals surface area (Å²) in [6, 6.07) is 7.57. The smallest absolute Gasteiger partial charge is 0.310 e. The fourth-order valence-corrected chi connectivity index (χ4v) is 2.05. The molecule has 2 N–H and O–H groups in total. The lowest BCUT2D eigenvalue weighted by molar-refractivity contribution is -0.142. The van der Waals surface area contributed by atoms with Gasteiger partial charge in [0, 0.05) is 6.61 Å². The summed E-state index contributed by atoms with van der Waals surface area (Å²) in [5.74, 6) is 0.911. The molecule has 0 heterocycles. The molecule has 0 saturated carbocycles. The van der Waals surface area contributed by atoms with Gasteiger partial charge < -0.3 is 19.9 Å². The predicted octanol–water partition coefficient (Wildman–Crippen LogP) is 2.56. The van der Waals surface area contributed by atoms with Crippen LogP contribution in [0.4, 0.5) is 0 Å². The number of carbonyl (C=O) groups is 1. The van der Waals surface area contributed by atoms with Gasteiger partial charge in [0.15, 0.2) is 0 Å². The lowest BCUT2D eigenvalue weighted by Crippen LogP contribution is -2.25. The first kappa shape index (κ1) is 20.5. The van der Waals surface area contributed by atoms with Crippen LogP contribution >= 0.6 is 0 Å². The number of hydrogen-bond donors (Lipinski definition) is 2. The molecular formula is C19H31NO4. The van der Waals surface area contributed by atoms with E-state index in [0.717, 1.165) is 43.7 Å². The summed E-state index contributed by atoms with van der Waals surface area (Å²) < 4.78 is 10.8. The van der Waals surface area contributed by atoms with Crippen molar-refractivity contribution in [3.05, 3.63) is 29.8 Å². The molecule has 1 aromatic carbocycles. The lowest BCUT2D eigenvalue weighted by atomic mass is 10.1. The molecule has 24 heavy (non-hydrogen) atoms. The highest BCUT2D eigenvalue weighted by Crippen LogP contribution is 2.13. The highest BCUT2D eigenvalue weighted by molar-refractivity contribution is 5.72. The first-order chi connectivity index (χ1) is 11.7. The largest absolute Gasteiger partial charge is 0.494 e. The van der Waals surface area contributed by atoms with E-state index in [0.29, 0.717) is 19.6 Å². The Balaban J connectivity index is 2.17. The molecule has 0 bridgehead atoms. The molecule has 0 amide bonds. The van der Waals surface area contributed by atoms with Crippen LogP contribution in [0.3, 0.4) is 0 Å². The lowest BCUT2D eigenvalue weighted by Gasteiger charge is -2.10. The average Bonchev–Trinajstić information content (AvgIpc) is 2.59. The van der Waals surface area contributed by atoms with Crippen LogP contribution in [0.5, 0.6) is 5.75 Å². The number of rotatable bonds is 13. The number of unbranched alkanes of at least 4 members (excludes halogenated alkanes) is 1. The first-order valence-corrected chi connectivity index (χ1v) is 8.84. The molecule has 0 aromatic heterocycles. The Bertz CT molecular complexity index is 447. The molecule has 5 nitrogen and oxygen atoms in total. The molecule has 1 aromatic rings. The van der Waals surface area contributed by atoms with Gasteiger partial charge in [-0.25, -0.2) is 0 Å². The molecule has 0 aliphatic rings. The SMILES string of the molecule is CCCCOC(=O)Cc1ccc(OCCCNCC(C)CO)cc1. The summed E-state index contributed by atoms with van der Waals surface area (Å²) in [5.41, 5.74) is 0.934. The zero-order chi connectivity index (χ0) is 17.6. The van der Waals surface area contributed by atoms with E-state index < -0.39 is 0 Å². The van der Waals surface area contributed by atoms with E-state index in [4.69, 9.17) is 14.6 Å². The number of aliphatic hydroxyl groups is 1. The standard InChI is InChI=1S/C19H31NO4/c1-3-4-11-24-19(22)13-17-6-8-18(9-7-17)23-12-5-10-20-14-16(2)15-21/h6-9,16,20-21H,3-5,10-15H2,1-2H3. The van der Waals surface area contributed by atoms with Gasteiger partial charge in [0.1, 0.15) is 5.75 Å². The fraction of sp³-hybridized carbons (Fsp3) is 0.632. The molecule has 136 valence electrons. The maximum Gasteiger partial charge on any atom is 0.310 e. The summed E-state index contributed by atoms with van der Waals surface area (Å²) in [6.45, 7) is 7.11. The van der Waals surface area contributed by atoms with E-state index in [9.17, 15) is 4.79 Å². The third-order valence-corrected chi connectivity index (χ3v) is 3.60. The maximum atomic E-state index is 11.6. The third-order valence-electron chi connectivity index (χ3n) is 3.60. The topological polar surface area (TPSA) is 67.8 Å². The van der Waals surface area contributed by atoms with Gasteiger partial charge in [-0.3, -0.25) is 4.79 Å². The average molecular weight is 337 g/mol. The van der Waals surface area contributed by atoms with Crippen LogP contribution in [0.1, 0.15) is 38.7 Å². The number of ether oxygens (including phenoxy) is 2. The minimum atomic E-state index is -0.180. The molecule has 0 spiro atoms. The fourth-order valence-electron chi connectivity index (χ4n) is 2.05. The van der Waals surface area contributed by atoms with Crippen molar-refractivity contribution in [3.8, 4) is 5.75 Å². The molecule has 0 radical (unpaired) electrons. The van der Waals surface area contributed by atoms with Crippen LogP contribution in [-0.4, -0.2) is 44.0 Å². The van der Waals surface area contributed by atoms with Crippen molar-refractivity contribution >= 4 is 5.97 Å². The molecular weight excluding hydrogens is 306 g/mol. The summed E-state index contributed by atoms with van der Waals surface area (Å²) in [4.78, 5) is 11.6. The van der Waals surface area contributed by atoms with Crippen molar-refractivity contribution in [2.75, 3.05) is 32.9 Å². The number of hydrogen-bond acceptors (Lipinski definition) is 5. The van der Waals surface area contributed by atoms with Gasteiger partial charge in [-0.05, 0) is 49.5 Å². The molecule has 1 atom stereocenters. The van der Waals surface area contributed by atoms with Crippen molar-refractivity contribution in [1.29, 1.82) is 0 Å². The Morgan fingerprint density at radius 3 is 2.62 bits per heavy atom. The minimum absolute atomic E-state index is 0.180. The predicted molar refractivity (Wildman–Crippen MR) is 95.2 cm³/mol. The second-order valence-corrected chi connectivity index (χ2v) is 6.09. The zero-order valence-corrected chi connectivity index (χ0v) is 14.9. The maximum absolute atomic E-state index is 11.6. The zero-order valence-electron chi connectivity index (χ0n) is 14.9. The second-order valence-electron chi connectivity index (χ2n) is 6.09. The number of benzene rings is 1. The Kier molecular flexibility index (Phi) is 10.9. The van der Waals surface area contributed by atoms with Gasteiger partial charge in [0.25, 0.3) is 0 Å². The van der Waals surface area contributed by atoms with E-state index in [-0.39, 0.29) is 18.5 Å². The number of esters is 1. The second kappa shape index (κ2) is 12.8. The van der Waals surface area contributed by atoms with E-state index in [1.807, 2.05) is 31.2 Å². The number of aliphatic hydroxyl groups excluding tert-OH is 1. The van der Waals surface area contributed by atoms with Crippen molar-refractivity contribution < 1.29 is 19.4 Å². The Morgan fingerprint density at radius 2 is 1.96 bits per heavy atom. The summed E-state index contributed by atoms with van der Waals surface area (Å²) in [6.07, 6.45) is 3.14. The van der Waals surface area contributed by atoms with Crippen LogP contribution in [0.25, 0.3) is 0 Å². The highest BCUT2D eigenvalue weighted by atomic mass is 16.5. The van der Waals surface area contributed by atoms with Gasteiger partial charge >= 0.3 is 5.97 Å². The Hall–Kier alpha value is -1.59.